The van der Waals surface area contributed by atoms with E-state index in [2.05, 4.69) is 5.32 Å². The van der Waals surface area contributed by atoms with Gasteiger partial charge in [0.1, 0.15) is 0 Å². The molecule has 0 saturated heterocycles. The molecular weight excluding hydrogens is 322 g/mol. The van der Waals surface area contributed by atoms with Crippen LogP contribution in [0.4, 0.5) is 0 Å². The van der Waals surface area contributed by atoms with Gasteiger partial charge in [-0.25, -0.2) is 0 Å². The van der Waals surface area contributed by atoms with Crippen LogP contribution in [0.1, 0.15) is 26.3 Å². The fourth-order valence-electron chi connectivity index (χ4n) is 2.62. The van der Waals surface area contributed by atoms with Crippen LogP contribution >= 0.6 is 0 Å². The van der Waals surface area contributed by atoms with E-state index in [9.17, 15) is 9.59 Å². The summed E-state index contributed by atoms with van der Waals surface area (Å²) < 4.78 is 0. The van der Waals surface area contributed by atoms with Gasteiger partial charge in [0.15, 0.2) is 5.78 Å². The highest BCUT2D eigenvalue weighted by molar-refractivity contribution is 6.07. The van der Waals surface area contributed by atoms with Crippen molar-refractivity contribution in [2.24, 2.45) is 0 Å². The molecule has 0 radical (unpaired) electrons. The van der Waals surface area contributed by atoms with E-state index in [1.807, 2.05) is 66.7 Å². The first-order valence-electron chi connectivity index (χ1n) is 8.37. The van der Waals surface area contributed by atoms with Crippen molar-refractivity contribution in [3.05, 3.63) is 102 Å². The van der Waals surface area contributed by atoms with Crippen LogP contribution in [0.15, 0.2) is 84.9 Å². The van der Waals surface area contributed by atoms with Crippen molar-refractivity contribution < 1.29 is 9.59 Å². The average Bonchev–Trinajstić information content (AvgIpc) is 2.72. The zero-order valence-electron chi connectivity index (χ0n) is 14.5. The van der Waals surface area contributed by atoms with Crippen molar-refractivity contribution >= 4 is 17.8 Å². The van der Waals surface area contributed by atoms with Crippen molar-refractivity contribution in [3.8, 4) is 11.1 Å². The van der Waals surface area contributed by atoms with Crippen LogP contribution in [0.3, 0.4) is 0 Å². The van der Waals surface area contributed by atoms with Gasteiger partial charge in [0.2, 0.25) is 0 Å². The number of carbonyl (C=O) groups is 2. The van der Waals surface area contributed by atoms with Gasteiger partial charge in [0.25, 0.3) is 5.91 Å². The first-order chi connectivity index (χ1) is 12.7. The molecule has 0 bridgehead atoms. The Bertz CT molecular complexity index is 924. The van der Waals surface area contributed by atoms with E-state index in [-0.39, 0.29) is 11.7 Å². The third-order valence-electron chi connectivity index (χ3n) is 4.10. The standard InChI is InChI=1S/C23H19NO2/c1-24-23(26)21-10-7-17(8-11-21)9-16-22(25)20-14-12-19(13-15-20)18-5-3-2-4-6-18/h2-16H,1H3,(H,24,26). The zero-order chi connectivity index (χ0) is 18.4. The lowest BCUT2D eigenvalue weighted by Gasteiger charge is -2.02. The fraction of sp³-hybridized carbons (Fsp3) is 0.0435. The monoisotopic (exact) mass is 341 g/mol. The molecule has 0 aliphatic rings. The van der Waals surface area contributed by atoms with Crippen LogP contribution in [0.25, 0.3) is 17.2 Å². The van der Waals surface area contributed by atoms with Crippen molar-refractivity contribution in [2.45, 2.75) is 0 Å². The molecule has 0 atom stereocenters. The van der Waals surface area contributed by atoms with Gasteiger partial charge in [-0.3, -0.25) is 9.59 Å². The van der Waals surface area contributed by atoms with Crippen molar-refractivity contribution in [2.75, 3.05) is 7.05 Å². The minimum atomic E-state index is -0.130. The fourth-order valence-corrected chi connectivity index (χ4v) is 2.62. The van der Waals surface area contributed by atoms with Gasteiger partial charge >= 0.3 is 0 Å². The lowest BCUT2D eigenvalue weighted by Crippen LogP contribution is -2.17. The second-order valence-corrected chi connectivity index (χ2v) is 5.84. The van der Waals surface area contributed by atoms with Gasteiger partial charge in [0, 0.05) is 18.2 Å². The Kier molecular flexibility index (Phi) is 5.40. The van der Waals surface area contributed by atoms with E-state index in [0.717, 1.165) is 16.7 Å². The van der Waals surface area contributed by atoms with Gasteiger partial charge in [-0.15, -0.1) is 0 Å². The van der Waals surface area contributed by atoms with E-state index >= 15 is 0 Å². The Hall–Kier alpha value is -3.46. The summed E-state index contributed by atoms with van der Waals surface area (Å²) in [5.74, 6) is -0.185. The third-order valence-corrected chi connectivity index (χ3v) is 4.10. The molecule has 0 unspecified atom stereocenters. The Labute approximate surface area is 153 Å². The van der Waals surface area contributed by atoms with Crippen LogP contribution in [-0.2, 0) is 0 Å². The summed E-state index contributed by atoms with van der Waals surface area (Å²) in [6.07, 6.45) is 3.30. The van der Waals surface area contributed by atoms with Crippen LogP contribution in [0.5, 0.6) is 0 Å². The zero-order valence-corrected chi connectivity index (χ0v) is 14.5. The minimum Gasteiger partial charge on any atom is -0.355 e. The van der Waals surface area contributed by atoms with E-state index in [1.54, 1.807) is 31.3 Å². The van der Waals surface area contributed by atoms with E-state index in [1.165, 1.54) is 0 Å². The predicted molar refractivity (Wildman–Crippen MR) is 105 cm³/mol. The second-order valence-electron chi connectivity index (χ2n) is 5.84. The molecule has 3 aromatic rings. The molecule has 0 heterocycles. The number of ketones is 1. The molecule has 0 aromatic heterocycles. The van der Waals surface area contributed by atoms with E-state index < -0.39 is 0 Å². The number of allylic oxidation sites excluding steroid dienone is 1. The number of rotatable bonds is 5. The molecule has 0 aliphatic carbocycles. The first-order valence-corrected chi connectivity index (χ1v) is 8.37. The third kappa shape index (κ3) is 4.14. The highest BCUT2D eigenvalue weighted by atomic mass is 16.1. The SMILES string of the molecule is CNC(=O)c1ccc(C=CC(=O)c2ccc(-c3ccccc3)cc2)cc1. The molecule has 1 amide bonds. The molecule has 3 rings (SSSR count). The predicted octanol–water partition coefficient (Wildman–Crippen LogP) is 4.61. The lowest BCUT2D eigenvalue weighted by atomic mass is 10.0. The maximum Gasteiger partial charge on any atom is 0.251 e. The van der Waals surface area contributed by atoms with Crippen molar-refractivity contribution in [3.63, 3.8) is 0 Å². The lowest BCUT2D eigenvalue weighted by molar-refractivity contribution is 0.0962. The second kappa shape index (κ2) is 8.08. The van der Waals surface area contributed by atoms with Crippen LogP contribution < -0.4 is 5.32 Å². The van der Waals surface area contributed by atoms with Crippen LogP contribution in [0, 0.1) is 0 Å². The Morgan fingerprint density at radius 1 is 0.731 bits per heavy atom. The number of nitrogens with one attached hydrogen (secondary N) is 1. The highest BCUT2D eigenvalue weighted by Gasteiger charge is 2.04. The van der Waals surface area contributed by atoms with Crippen LogP contribution in [-0.4, -0.2) is 18.7 Å². The summed E-state index contributed by atoms with van der Waals surface area (Å²) in [4.78, 5) is 23.9. The molecule has 26 heavy (non-hydrogen) atoms. The number of hydrogen-bond acceptors (Lipinski definition) is 2. The average molecular weight is 341 g/mol. The molecule has 1 N–H and O–H groups in total. The summed E-state index contributed by atoms with van der Waals surface area (Å²) in [6, 6.07) is 24.7. The summed E-state index contributed by atoms with van der Waals surface area (Å²) in [5.41, 5.74) is 4.30. The Morgan fingerprint density at radius 2 is 1.31 bits per heavy atom. The molecule has 0 saturated carbocycles. The maximum absolute atomic E-state index is 12.3. The topological polar surface area (TPSA) is 46.2 Å². The van der Waals surface area contributed by atoms with Gasteiger partial charge in [0.05, 0.1) is 0 Å². The summed E-state index contributed by atoms with van der Waals surface area (Å²) in [6.45, 7) is 0. The van der Waals surface area contributed by atoms with Crippen molar-refractivity contribution in [1.29, 1.82) is 0 Å². The highest BCUT2D eigenvalue weighted by Crippen LogP contribution is 2.19. The van der Waals surface area contributed by atoms with Gasteiger partial charge in [-0.1, -0.05) is 72.8 Å². The minimum absolute atomic E-state index is 0.0556. The molecule has 0 aliphatic heterocycles. The molecule has 3 heteroatoms. The summed E-state index contributed by atoms with van der Waals surface area (Å²) in [5, 5.41) is 2.58. The number of carbonyl (C=O) groups excluding carboxylic acids is 2. The maximum atomic E-state index is 12.3. The Morgan fingerprint density at radius 3 is 1.92 bits per heavy atom. The molecule has 0 spiro atoms. The molecular formula is C23H19NO2. The number of amides is 1. The van der Waals surface area contributed by atoms with E-state index in [0.29, 0.717) is 11.1 Å². The number of benzene rings is 3. The molecule has 0 fully saturated rings. The van der Waals surface area contributed by atoms with Gasteiger partial charge in [-0.05, 0) is 34.9 Å². The van der Waals surface area contributed by atoms with Crippen molar-refractivity contribution in [1.82, 2.24) is 5.32 Å². The van der Waals surface area contributed by atoms with Gasteiger partial charge in [-0.2, -0.15) is 0 Å². The smallest absolute Gasteiger partial charge is 0.251 e. The largest absolute Gasteiger partial charge is 0.355 e. The normalized spacial score (nSPS) is 10.7. The summed E-state index contributed by atoms with van der Waals surface area (Å²) >= 11 is 0. The number of hydrogen-bond donors (Lipinski definition) is 1. The Balaban J connectivity index is 1.69. The van der Waals surface area contributed by atoms with Gasteiger partial charge < -0.3 is 5.32 Å². The van der Waals surface area contributed by atoms with Crippen LogP contribution in [0.2, 0.25) is 0 Å². The molecule has 128 valence electrons. The summed E-state index contributed by atoms with van der Waals surface area (Å²) in [7, 11) is 1.60. The quantitative estimate of drug-likeness (QED) is 0.544. The first kappa shape index (κ1) is 17.4. The molecule has 3 aromatic carbocycles. The molecule has 3 nitrogen and oxygen atoms in total. The van der Waals surface area contributed by atoms with E-state index in [4.69, 9.17) is 0 Å².